The predicted molar refractivity (Wildman–Crippen MR) is 101 cm³/mol. The van der Waals surface area contributed by atoms with Crippen LogP contribution in [0.4, 0.5) is 0 Å². The molecule has 0 aliphatic heterocycles. The molecule has 0 saturated carbocycles. The van der Waals surface area contributed by atoms with Gasteiger partial charge in [0.05, 0.1) is 21.8 Å². The van der Waals surface area contributed by atoms with Crippen molar-refractivity contribution in [2.24, 2.45) is 5.73 Å². The number of para-hydroxylation sites is 1. The number of carbonyl (C=O) groups is 1. The Morgan fingerprint density at radius 3 is 2.44 bits per heavy atom. The lowest BCUT2D eigenvalue weighted by atomic mass is 10.1. The number of hydrogen-bond acceptors (Lipinski definition) is 4. The summed E-state index contributed by atoms with van der Waals surface area (Å²) in [6.07, 6.45) is 0. The largest absolute Gasteiger partial charge is 0.369 e. The van der Waals surface area contributed by atoms with Crippen molar-refractivity contribution in [3.05, 3.63) is 63.9 Å². The summed E-state index contributed by atoms with van der Waals surface area (Å²) in [5, 5.41) is 0.503. The Bertz CT molecular complexity index is 1010. The standard InChI is InChI=1S/C19H19N3O2S/c1-11-8-12(2)10-14(9-11)22-18(24)15-6-4-5-7-16(15)21-19(22)25-13(3)17(20)23/h4-10,13H,1-3H3,(H2,20,23)/t13-/m0/s1. The molecule has 1 atom stereocenters. The predicted octanol–water partition coefficient (Wildman–Crippen LogP) is 2.97. The molecule has 0 radical (unpaired) electrons. The fraction of sp³-hybridized carbons (Fsp3) is 0.211. The zero-order valence-corrected chi connectivity index (χ0v) is 15.1. The average Bonchev–Trinajstić information content (AvgIpc) is 2.54. The molecular formula is C19H19N3O2S. The summed E-state index contributed by atoms with van der Waals surface area (Å²) in [6.45, 7) is 5.67. The van der Waals surface area contributed by atoms with E-state index in [4.69, 9.17) is 5.73 Å². The van der Waals surface area contributed by atoms with Crippen LogP contribution in [-0.2, 0) is 4.79 Å². The minimum Gasteiger partial charge on any atom is -0.369 e. The number of amides is 1. The minimum absolute atomic E-state index is 0.158. The molecule has 6 heteroatoms. The molecule has 0 saturated heterocycles. The van der Waals surface area contributed by atoms with Crippen molar-refractivity contribution in [3.8, 4) is 5.69 Å². The maximum absolute atomic E-state index is 13.1. The molecule has 5 nitrogen and oxygen atoms in total. The lowest BCUT2D eigenvalue weighted by molar-refractivity contribution is -0.117. The first-order valence-corrected chi connectivity index (χ1v) is 8.81. The van der Waals surface area contributed by atoms with Gasteiger partial charge in [0.2, 0.25) is 5.91 Å². The first-order valence-electron chi connectivity index (χ1n) is 7.93. The van der Waals surface area contributed by atoms with E-state index in [-0.39, 0.29) is 5.56 Å². The molecule has 2 N–H and O–H groups in total. The number of aromatic nitrogens is 2. The Balaban J connectivity index is 2.32. The summed E-state index contributed by atoms with van der Waals surface area (Å²) in [6, 6.07) is 13.1. The third-order valence-corrected chi connectivity index (χ3v) is 4.96. The number of rotatable bonds is 4. The van der Waals surface area contributed by atoms with Gasteiger partial charge in [-0.3, -0.25) is 14.2 Å². The molecule has 1 amide bonds. The number of thioether (sulfide) groups is 1. The lowest BCUT2D eigenvalue weighted by Gasteiger charge is -2.16. The van der Waals surface area contributed by atoms with Gasteiger partial charge in [0.15, 0.2) is 5.16 Å². The SMILES string of the molecule is Cc1cc(C)cc(-n2c(S[C@@H](C)C(N)=O)nc3ccccc3c2=O)c1. The summed E-state index contributed by atoms with van der Waals surface area (Å²) in [7, 11) is 0. The van der Waals surface area contributed by atoms with E-state index in [0.717, 1.165) is 16.8 Å². The lowest BCUT2D eigenvalue weighted by Crippen LogP contribution is -2.26. The molecule has 3 aromatic rings. The highest BCUT2D eigenvalue weighted by Gasteiger charge is 2.18. The molecule has 0 unspecified atom stereocenters. The maximum atomic E-state index is 13.1. The highest BCUT2D eigenvalue weighted by molar-refractivity contribution is 8.00. The third kappa shape index (κ3) is 3.44. The van der Waals surface area contributed by atoms with Crippen LogP contribution in [0.5, 0.6) is 0 Å². The Morgan fingerprint density at radius 2 is 1.80 bits per heavy atom. The van der Waals surface area contributed by atoms with Crippen LogP contribution in [0.3, 0.4) is 0 Å². The smallest absolute Gasteiger partial charge is 0.266 e. The maximum Gasteiger partial charge on any atom is 0.266 e. The Hall–Kier alpha value is -2.60. The number of nitrogens with two attached hydrogens (primary N) is 1. The Morgan fingerprint density at radius 1 is 1.16 bits per heavy atom. The third-order valence-electron chi connectivity index (χ3n) is 3.89. The van der Waals surface area contributed by atoms with Crippen molar-refractivity contribution in [2.75, 3.05) is 0 Å². The summed E-state index contributed by atoms with van der Waals surface area (Å²) in [4.78, 5) is 29.2. The molecule has 1 heterocycles. The monoisotopic (exact) mass is 353 g/mol. The number of primary amides is 1. The van der Waals surface area contributed by atoms with Gasteiger partial charge in [-0.25, -0.2) is 4.98 Å². The number of benzene rings is 2. The van der Waals surface area contributed by atoms with Gasteiger partial charge in [-0.1, -0.05) is 30.0 Å². The van der Waals surface area contributed by atoms with E-state index < -0.39 is 11.2 Å². The molecule has 128 valence electrons. The molecule has 25 heavy (non-hydrogen) atoms. The van der Waals surface area contributed by atoms with Crippen molar-refractivity contribution >= 4 is 28.6 Å². The van der Waals surface area contributed by atoms with Gasteiger partial charge in [-0.2, -0.15) is 0 Å². The van der Waals surface area contributed by atoms with E-state index in [1.807, 2.05) is 44.2 Å². The minimum atomic E-state index is -0.495. The highest BCUT2D eigenvalue weighted by Crippen LogP contribution is 2.25. The van der Waals surface area contributed by atoms with Gasteiger partial charge in [-0.15, -0.1) is 0 Å². The van der Waals surface area contributed by atoms with Crippen molar-refractivity contribution in [2.45, 2.75) is 31.2 Å². The molecule has 0 aliphatic rings. The summed E-state index contributed by atoms with van der Waals surface area (Å²) < 4.78 is 1.56. The zero-order chi connectivity index (χ0) is 18.1. The second-order valence-electron chi connectivity index (χ2n) is 6.06. The van der Waals surface area contributed by atoms with Crippen molar-refractivity contribution in [1.29, 1.82) is 0 Å². The number of nitrogens with zero attached hydrogens (tertiary/aromatic N) is 2. The van der Waals surface area contributed by atoms with Crippen LogP contribution < -0.4 is 11.3 Å². The number of hydrogen-bond donors (Lipinski definition) is 1. The first kappa shape index (κ1) is 17.2. The van der Waals surface area contributed by atoms with E-state index in [9.17, 15) is 9.59 Å². The topological polar surface area (TPSA) is 78.0 Å². The van der Waals surface area contributed by atoms with E-state index in [0.29, 0.717) is 16.1 Å². The molecule has 0 aliphatic carbocycles. The highest BCUT2D eigenvalue weighted by atomic mass is 32.2. The normalized spacial score (nSPS) is 12.3. The zero-order valence-electron chi connectivity index (χ0n) is 14.3. The molecule has 1 aromatic heterocycles. The van der Waals surface area contributed by atoms with Crippen LogP contribution >= 0.6 is 11.8 Å². The first-order chi connectivity index (χ1) is 11.9. The van der Waals surface area contributed by atoms with E-state index >= 15 is 0 Å². The molecule has 0 fully saturated rings. The van der Waals surface area contributed by atoms with Crippen LogP contribution in [0.25, 0.3) is 16.6 Å². The fourth-order valence-corrected chi connectivity index (χ4v) is 3.59. The summed E-state index contributed by atoms with van der Waals surface area (Å²) in [5.74, 6) is -0.445. The second kappa shape index (κ2) is 6.72. The Labute approximate surface area is 149 Å². The average molecular weight is 353 g/mol. The number of fused-ring (bicyclic) bond motifs is 1. The van der Waals surface area contributed by atoms with Gasteiger partial charge >= 0.3 is 0 Å². The van der Waals surface area contributed by atoms with E-state index in [1.54, 1.807) is 23.6 Å². The van der Waals surface area contributed by atoms with Crippen LogP contribution in [0, 0.1) is 13.8 Å². The van der Waals surface area contributed by atoms with E-state index in [1.165, 1.54) is 11.8 Å². The van der Waals surface area contributed by atoms with Crippen LogP contribution in [-0.4, -0.2) is 20.7 Å². The van der Waals surface area contributed by atoms with Crippen molar-refractivity contribution in [3.63, 3.8) is 0 Å². The second-order valence-corrected chi connectivity index (χ2v) is 7.37. The van der Waals surface area contributed by atoms with Gasteiger partial charge in [0, 0.05) is 0 Å². The van der Waals surface area contributed by atoms with Gasteiger partial charge in [0.25, 0.3) is 5.56 Å². The summed E-state index contributed by atoms with van der Waals surface area (Å²) in [5.41, 5.74) is 8.68. The van der Waals surface area contributed by atoms with Crippen LogP contribution in [0.15, 0.2) is 52.4 Å². The van der Waals surface area contributed by atoms with Crippen LogP contribution in [0.2, 0.25) is 0 Å². The van der Waals surface area contributed by atoms with Crippen molar-refractivity contribution < 1.29 is 4.79 Å². The molecular weight excluding hydrogens is 334 g/mol. The van der Waals surface area contributed by atoms with Gasteiger partial charge in [0.1, 0.15) is 0 Å². The molecule has 2 aromatic carbocycles. The molecule has 0 spiro atoms. The molecule has 3 rings (SSSR count). The van der Waals surface area contributed by atoms with Crippen molar-refractivity contribution in [1.82, 2.24) is 9.55 Å². The number of aryl methyl sites for hydroxylation is 2. The van der Waals surface area contributed by atoms with Crippen LogP contribution in [0.1, 0.15) is 18.1 Å². The Kier molecular flexibility index (Phi) is 4.63. The fourth-order valence-electron chi connectivity index (χ4n) is 2.72. The van der Waals surface area contributed by atoms with E-state index in [2.05, 4.69) is 4.98 Å². The number of carbonyl (C=O) groups excluding carboxylic acids is 1. The quantitative estimate of drug-likeness (QED) is 0.578. The summed E-state index contributed by atoms with van der Waals surface area (Å²) >= 11 is 1.19. The van der Waals surface area contributed by atoms with Gasteiger partial charge in [-0.05, 0) is 56.2 Å². The molecule has 0 bridgehead atoms. The van der Waals surface area contributed by atoms with Gasteiger partial charge < -0.3 is 5.73 Å².